The van der Waals surface area contributed by atoms with Gasteiger partial charge in [-0.3, -0.25) is 9.89 Å². The first-order valence-corrected chi connectivity index (χ1v) is 9.16. The van der Waals surface area contributed by atoms with Crippen LogP contribution in [0.1, 0.15) is 5.56 Å². The van der Waals surface area contributed by atoms with Gasteiger partial charge in [-0.2, -0.15) is 5.10 Å². The molecule has 0 saturated heterocycles. The monoisotopic (exact) mass is 383 g/mol. The van der Waals surface area contributed by atoms with Gasteiger partial charge in [0.2, 0.25) is 0 Å². The minimum absolute atomic E-state index is 0.140. The fourth-order valence-corrected chi connectivity index (χ4v) is 3.84. The number of H-pyrrole nitrogens is 2. The van der Waals surface area contributed by atoms with E-state index in [-0.39, 0.29) is 17.9 Å². The number of fused-ring (bicyclic) bond motifs is 3. The van der Waals surface area contributed by atoms with Gasteiger partial charge in [0.05, 0.1) is 18.2 Å². The van der Waals surface area contributed by atoms with Crippen LogP contribution < -0.4 is 5.56 Å². The van der Waals surface area contributed by atoms with Crippen LogP contribution >= 0.6 is 0 Å². The van der Waals surface area contributed by atoms with Gasteiger partial charge in [0.15, 0.2) is 0 Å². The normalized spacial score (nSPS) is 11.3. The lowest BCUT2D eigenvalue weighted by Crippen LogP contribution is -2.07. The molecule has 0 radical (unpaired) electrons. The summed E-state index contributed by atoms with van der Waals surface area (Å²) in [5, 5.41) is 29.3. The molecule has 142 valence electrons. The molecule has 0 spiro atoms. The molecule has 0 aliphatic heterocycles. The first kappa shape index (κ1) is 17.2. The smallest absolute Gasteiger partial charge is 0.256 e. The van der Waals surface area contributed by atoms with Crippen molar-refractivity contribution in [1.29, 1.82) is 0 Å². The zero-order valence-corrected chi connectivity index (χ0v) is 15.3. The van der Waals surface area contributed by atoms with Gasteiger partial charge >= 0.3 is 0 Å². The van der Waals surface area contributed by atoms with Crippen molar-refractivity contribution >= 4 is 21.5 Å². The lowest BCUT2D eigenvalue weighted by Gasteiger charge is -2.13. The maximum absolute atomic E-state index is 12.9. The van der Waals surface area contributed by atoms with Crippen LogP contribution in [0.3, 0.4) is 0 Å². The van der Waals surface area contributed by atoms with Gasteiger partial charge in [0, 0.05) is 23.5 Å². The fraction of sp³-hybridized carbons (Fsp3) is 0.0435. The summed E-state index contributed by atoms with van der Waals surface area (Å²) in [5.74, 6) is 0.175. The van der Waals surface area contributed by atoms with Crippen LogP contribution in [0.15, 0.2) is 71.9 Å². The van der Waals surface area contributed by atoms with Crippen molar-refractivity contribution in [3.63, 3.8) is 0 Å². The molecule has 0 unspecified atom stereocenters. The Morgan fingerprint density at radius 1 is 0.862 bits per heavy atom. The van der Waals surface area contributed by atoms with Crippen molar-refractivity contribution in [1.82, 2.24) is 15.2 Å². The quantitative estimate of drug-likeness (QED) is 0.355. The maximum atomic E-state index is 12.9. The molecule has 3 aromatic carbocycles. The lowest BCUT2D eigenvalue weighted by molar-refractivity contribution is 0.283. The Kier molecular flexibility index (Phi) is 3.93. The van der Waals surface area contributed by atoms with Gasteiger partial charge in [-0.05, 0) is 57.1 Å². The summed E-state index contributed by atoms with van der Waals surface area (Å²) in [6.07, 6.45) is 5.20. The molecule has 6 heteroatoms. The zero-order valence-electron chi connectivity index (χ0n) is 15.3. The Morgan fingerprint density at radius 3 is 2.38 bits per heavy atom. The molecule has 0 atom stereocenters. The van der Waals surface area contributed by atoms with Crippen LogP contribution in [0.5, 0.6) is 5.75 Å². The highest BCUT2D eigenvalue weighted by molar-refractivity contribution is 6.13. The molecule has 0 saturated carbocycles. The number of nitrogens with one attached hydrogen (secondary N) is 2. The van der Waals surface area contributed by atoms with Crippen LogP contribution in [0.4, 0.5) is 0 Å². The summed E-state index contributed by atoms with van der Waals surface area (Å²) in [5.41, 5.74) is 4.08. The molecule has 5 aromatic rings. The first-order valence-electron chi connectivity index (χ1n) is 9.16. The number of aromatic amines is 2. The number of nitrogens with zero attached hydrogens (tertiary/aromatic N) is 1. The maximum Gasteiger partial charge on any atom is 0.256 e. The summed E-state index contributed by atoms with van der Waals surface area (Å²) in [7, 11) is 0. The Balaban J connectivity index is 1.90. The Bertz CT molecular complexity index is 1400. The van der Waals surface area contributed by atoms with Gasteiger partial charge in [0.1, 0.15) is 5.75 Å². The highest BCUT2D eigenvalue weighted by atomic mass is 16.3. The predicted molar refractivity (Wildman–Crippen MR) is 113 cm³/mol. The van der Waals surface area contributed by atoms with E-state index in [1.807, 2.05) is 24.3 Å². The molecule has 0 aliphatic carbocycles. The fourth-order valence-electron chi connectivity index (χ4n) is 3.84. The van der Waals surface area contributed by atoms with E-state index < -0.39 is 0 Å². The zero-order chi connectivity index (χ0) is 20.0. The van der Waals surface area contributed by atoms with Gasteiger partial charge in [0.25, 0.3) is 5.56 Å². The molecule has 0 amide bonds. The van der Waals surface area contributed by atoms with Crippen LogP contribution in [-0.2, 0) is 6.61 Å². The SMILES string of the molecule is O=c1[nH]cc(-c2ccc(O)cc2)c2cc(CO)c3ccc(-c4cn[nH]c4)cc3c12. The number of hydrogen-bond donors (Lipinski definition) is 4. The molecule has 4 N–H and O–H groups in total. The number of aliphatic hydroxyl groups excluding tert-OH is 1. The minimum Gasteiger partial charge on any atom is -0.508 e. The van der Waals surface area contributed by atoms with E-state index in [1.54, 1.807) is 42.9 Å². The largest absolute Gasteiger partial charge is 0.508 e. The highest BCUT2D eigenvalue weighted by Crippen LogP contribution is 2.35. The molecule has 0 fully saturated rings. The number of pyridine rings is 1. The van der Waals surface area contributed by atoms with Gasteiger partial charge in [-0.15, -0.1) is 0 Å². The molecule has 0 aliphatic rings. The number of aromatic nitrogens is 3. The minimum atomic E-state index is -0.193. The number of phenols is 1. The van der Waals surface area contributed by atoms with E-state index in [4.69, 9.17) is 0 Å². The van der Waals surface area contributed by atoms with Crippen molar-refractivity contribution in [2.45, 2.75) is 6.61 Å². The van der Waals surface area contributed by atoms with Crippen LogP contribution in [0, 0.1) is 0 Å². The van der Waals surface area contributed by atoms with Crippen LogP contribution in [0.2, 0.25) is 0 Å². The van der Waals surface area contributed by atoms with Crippen molar-refractivity contribution < 1.29 is 10.2 Å². The number of aromatic hydroxyl groups is 1. The Morgan fingerprint density at radius 2 is 1.66 bits per heavy atom. The summed E-state index contributed by atoms with van der Waals surface area (Å²) in [6, 6.07) is 14.5. The molecule has 0 bridgehead atoms. The Hall–Kier alpha value is -3.90. The molecule has 29 heavy (non-hydrogen) atoms. The molecular formula is C23H17N3O3. The second-order valence-corrected chi connectivity index (χ2v) is 6.94. The van der Waals surface area contributed by atoms with Gasteiger partial charge in [-0.25, -0.2) is 0 Å². The van der Waals surface area contributed by atoms with Crippen molar-refractivity contribution in [2.24, 2.45) is 0 Å². The van der Waals surface area contributed by atoms with E-state index >= 15 is 0 Å². The predicted octanol–water partition coefficient (Wildman–Crippen LogP) is 3.94. The number of hydrogen-bond acceptors (Lipinski definition) is 4. The molecular weight excluding hydrogens is 366 g/mol. The average molecular weight is 383 g/mol. The molecule has 5 rings (SSSR count). The van der Waals surface area contributed by atoms with Crippen molar-refractivity contribution in [3.8, 4) is 28.0 Å². The molecule has 2 heterocycles. The molecule has 2 aromatic heterocycles. The number of phenolic OH excluding ortho intramolecular Hbond substituents is 1. The second kappa shape index (κ2) is 6.61. The Labute approximate surface area is 165 Å². The summed E-state index contributed by atoms with van der Waals surface area (Å²) >= 11 is 0. The van der Waals surface area contributed by atoms with E-state index in [0.717, 1.165) is 44.0 Å². The summed E-state index contributed by atoms with van der Waals surface area (Å²) in [4.78, 5) is 15.7. The van der Waals surface area contributed by atoms with Crippen molar-refractivity contribution in [3.05, 3.63) is 83.0 Å². The van der Waals surface area contributed by atoms with E-state index in [9.17, 15) is 15.0 Å². The van der Waals surface area contributed by atoms with Crippen molar-refractivity contribution in [2.75, 3.05) is 0 Å². The second-order valence-electron chi connectivity index (χ2n) is 6.94. The number of benzene rings is 3. The lowest BCUT2D eigenvalue weighted by atomic mass is 9.92. The summed E-state index contributed by atoms with van der Waals surface area (Å²) in [6.45, 7) is -0.140. The summed E-state index contributed by atoms with van der Waals surface area (Å²) < 4.78 is 0. The average Bonchev–Trinajstić information content (AvgIpc) is 3.28. The topological polar surface area (TPSA) is 102 Å². The van der Waals surface area contributed by atoms with E-state index in [0.29, 0.717) is 5.39 Å². The third kappa shape index (κ3) is 2.78. The first-order chi connectivity index (χ1) is 14.2. The van der Waals surface area contributed by atoms with Gasteiger partial charge in [-0.1, -0.05) is 24.3 Å². The molecule has 6 nitrogen and oxygen atoms in total. The van der Waals surface area contributed by atoms with E-state index in [1.165, 1.54) is 0 Å². The van der Waals surface area contributed by atoms with Crippen LogP contribution in [-0.4, -0.2) is 25.4 Å². The standard InChI is InChI=1S/C23H17N3O3/c27-12-15-8-20-21(13-1-4-17(28)5-2-13)11-24-23(29)22(20)19-7-14(3-6-18(15)19)16-9-25-26-10-16/h1-11,27-28H,12H2,(H,24,29)(H,25,26). The number of rotatable bonds is 3. The third-order valence-corrected chi connectivity index (χ3v) is 5.27. The van der Waals surface area contributed by atoms with Crippen LogP contribution in [0.25, 0.3) is 43.8 Å². The third-order valence-electron chi connectivity index (χ3n) is 5.27. The van der Waals surface area contributed by atoms with Gasteiger partial charge < -0.3 is 15.2 Å². The highest BCUT2D eigenvalue weighted by Gasteiger charge is 2.14. The number of aliphatic hydroxyl groups is 1. The van der Waals surface area contributed by atoms with E-state index in [2.05, 4.69) is 15.2 Å².